The van der Waals surface area contributed by atoms with E-state index in [-0.39, 0.29) is 11.7 Å². The van der Waals surface area contributed by atoms with E-state index >= 15 is 0 Å². The Hall–Kier alpha value is -2.15. The first-order valence-electron chi connectivity index (χ1n) is 9.43. The number of anilines is 1. The highest BCUT2D eigenvalue weighted by atomic mass is 32.2. The maximum atomic E-state index is 12.3. The average molecular weight is 387 g/mol. The number of pyridine rings is 1. The highest BCUT2D eigenvalue weighted by Gasteiger charge is 2.16. The van der Waals surface area contributed by atoms with Gasteiger partial charge in [-0.05, 0) is 50.8 Å². The van der Waals surface area contributed by atoms with Gasteiger partial charge in [-0.15, -0.1) is 0 Å². The summed E-state index contributed by atoms with van der Waals surface area (Å²) >= 11 is 1.32. The standard InChI is InChI=1S/C20H26N4O2S/c1-14-11-15(2)23-20(22-14)27-13-18(25)24-19-17(9-6-10-21-19)26-12-16-7-4-3-5-8-16/h6,9-11,16H,3-5,7-8,12-13H2,1-2H3,(H,21,24,25). The molecule has 0 bridgehead atoms. The lowest BCUT2D eigenvalue weighted by molar-refractivity contribution is -0.113. The Kier molecular flexibility index (Phi) is 7.04. The molecule has 3 rings (SSSR count). The van der Waals surface area contributed by atoms with Gasteiger partial charge in [-0.3, -0.25) is 4.79 Å². The zero-order valence-corrected chi connectivity index (χ0v) is 16.7. The Balaban J connectivity index is 1.54. The zero-order chi connectivity index (χ0) is 19.1. The van der Waals surface area contributed by atoms with Gasteiger partial charge in [-0.2, -0.15) is 0 Å². The third-order valence-corrected chi connectivity index (χ3v) is 5.37. The van der Waals surface area contributed by atoms with Gasteiger partial charge in [0.15, 0.2) is 16.7 Å². The molecule has 2 heterocycles. The number of amides is 1. The molecule has 27 heavy (non-hydrogen) atoms. The van der Waals surface area contributed by atoms with Crippen molar-refractivity contribution in [1.29, 1.82) is 0 Å². The molecule has 0 atom stereocenters. The number of nitrogens with zero attached hydrogens (tertiary/aromatic N) is 3. The quantitative estimate of drug-likeness (QED) is 0.568. The van der Waals surface area contributed by atoms with Crippen LogP contribution in [0.15, 0.2) is 29.6 Å². The first-order chi connectivity index (χ1) is 13.1. The van der Waals surface area contributed by atoms with Crippen LogP contribution < -0.4 is 10.1 Å². The maximum absolute atomic E-state index is 12.3. The van der Waals surface area contributed by atoms with E-state index in [1.54, 1.807) is 6.20 Å². The van der Waals surface area contributed by atoms with Gasteiger partial charge in [0.2, 0.25) is 5.91 Å². The topological polar surface area (TPSA) is 77.0 Å². The number of aryl methyl sites for hydroxylation is 2. The van der Waals surface area contributed by atoms with Crippen molar-refractivity contribution in [3.05, 3.63) is 35.8 Å². The molecule has 0 aromatic carbocycles. The van der Waals surface area contributed by atoms with E-state index < -0.39 is 0 Å². The van der Waals surface area contributed by atoms with Crippen LogP contribution in [0.25, 0.3) is 0 Å². The largest absolute Gasteiger partial charge is 0.489 e. The molecule has 1 N–H and O–H groups in total. The van der Waals surface area contributed by atoms with Crippen molar-refractivity contribution >= 4 is 23.5 Å². The maximum Gasteiger partial charge on any atom is 0.236 e. The van der Waals surface area contributed by atoms with Crippen LogP contribution >= 0.6 is 11.8 Å². The number of nitrogens with one attached hydrogen (secondary N) is 1. The van der Waals surface area contributed by atoms with E-state index in [2.05, 4.69) is 20.3 Å². The summed E-state index contributed by atoms with van der Waals surface area (Å²) in [6.45, 7) is 4.52. The monoisotopic (exact) mass is 386 g/mol. The van der Waals surface area contributed by atoms with Crippen molar-refractivity contribution in [3.63, 3.8) is 0 Å². The van der Waals surface area contributed by atoms with Gasteiger partial charge >= 0.3 is 0 Å². The van der Waals surface area contributed by atoms with E-state index in [1.807, 2.05) is 32.0 Å². The third kappa shape index (κ3) is 6.20. The van der Waals surface area contributed by atoms with Gasteiger partial charge in [-0.25, -0.2) is 15.0 Å². The molecular weight excluding hydrogens is 360 g/mol. The molecule has 0 aliphatic heterocycles. The smallest absolute Gasteiger partial charge is 0.236 e. The molecule has 1 fully saturated rings. The Morgan fingerprint density at radius 1 is 1.22 bits per heavy atom. The summed E-state index contributed by atoms with van der Waals surface area (Å²) < 4.78 is 5.96. The number of thioether (sulfide) groups is 1. The molecule has 0 radical (unpaired) electrons. The van der Waals surface area contributed by atoms with Crippen molar-refractivity contribution in [3.8, 4) is 5.75 Å². The lowest BCUT2D eigenvalue weighted by atomic mass is 9.90. The van der Waals surface area contributed by atoms with Gasteiger partial charge in [0.05, 0.1) is 12.4 Å². The number of aromatic nitrogens is 3. The number of hydrogen-bond donors (Lipinski definition) is 1. The first-order valence-corrected chi connectivity index (χ1v) is 10.4. The summed E-state index contributed by atoms with van der Waals surface area (Å²) in [6.07, 6.45) is 7.98. The molecule has 2 aromatic heterocycles. The lowest BCUT2D eigenvalue weighted by Crippen LogP contribution is -2.18. The summed E-state index contributed by atoms with van der Waals surface area (Å²) in [5.41, 5.74) is 1.79. The van der Waals surface area contributed by atoms with E-state index in [4.69, 9.17) is 4.74 Å². The lowest BCUT2D eigenvalue weighted by Gasteiger charge is -2.22. The molecular formula is C20H26N4O2S. The van der Waals surface area contributed by atoms with Crippen LogP contribution in [-0.2, 0) is 4.79 Å². The summed E-state index contributed by atoms with van der Waals surface area (Å²) in [6, 6.07) is 5.59. The molecule has 0 unspecified atom stereocenters. The van der Waals surface area contributed by atoms with Crippen molar-refractivity contribution in [1.82, 2.24) is 15.0 Å². The number of ether oxygens (including phenoxy) is 1. The summed E-state index contributed by atoms with van der Waals surface area (Å²) in [5, 5.41) is 3.46. The van der Waals surface area contributed by atoms with E-state index in [1.165, 1.54) is 43.9 Å². The SMILES string of the molecule is Cc1cc(C)nc(SCC(=O)Nc2ncccc2OCC2CCCCC2)n1. The fraction of sp³-hybridized carbons (Fsp3) is 0.500. The molecule has 1 amide bonds. The second kappa shape index (κ2) is 9.69. The van der Waals surface area contributed by atoms with E-state index in [0.29, 0.717) is 29.2 Å². The predicted molar refractivity (Wildman–Crippen MR) is 107 cm³/mol. The van der Waals surface area contributed by atoms with Crippen molar-refractivity contribution in [2.45, 2.75) is 51.1 Å². The second-order valence-corrected chi connectivity index (χ2v) is 7.88. The van der Waals surface area contributed by atoms with Gasteiger partial charge in [-0.1, -0.05) is 31.0 Å². The molecule has 1 aliphatic carbocycles. The van der Waals surface area contributed by atoms with E-state index in [9.17, 15) is 4.79 Å². The molecule has 7 heteroatoms. The third-order valence-electron chi connectivity index (χ3n) is 4.52. The van der Waals surface area contributed by atoms with Crippen LogP contribution in [0.5, 0.6) is 5.75 Å². The average Bonchev–Trinajstić information content (AvgIpc) is 2.66. The van der Waals surface area contributed by atoms with Crippen molar-refractivity contribution in [2.24, 2.45) is 5.92 Å². The van der Waals surface area contributed by atoms with Gasteiger partial charge in [0.1, 0.15) is 0 Å². The van der Waals surface area contributed by atoms with Crippen LogP contribution in [0.4, 0.5) is 5.82 Å². The van der Waals surface area contributed by atoms with Gasteiger partial charge in [0.25, 0.3) is 0 Å². The Morgan fingerprint density at radius 2 is 1.96 bits per heavy atom. The molecule has 0 spiro atoms. The van der Waals surface area contributed by atoms with Crippen LogP contribution in [0.1, 0.15) is 43.5 Å². The molecule has 144 valence electrons. The van der Waals surface area contributed by atoms with Crippen LogP contribution in [0.3, 0.4) is 0 Å². The Morgan fingerprint density at radius 3 is 2.70 bits per heavy atom. The number of carbonyl (C=O) groups is 1. The minimum absolute atomic E-state index is 0.149. The number of carbonyl (C=O) groups excluding carboxylic acids is 1. The fourth-order valence-corrected chi connectivity index (χ4v) is 3.97. The van der Waals surface area contributed by atoms with Gasteiger partial charge < -0.3 is 10.1 Å². The van der Waals surface area contributed by atoms with Gasteiger partial charge in [0, 0.05) is 17.6 Å². The van der Waals surface area contributed by atoms with E-state index in [0.717, 1.165) is 11.4 Å². The van der Waals surface area contributed by atoms with Crippen molar-refractivity contribution in [2.75, 3.05) is 17.7 Å². The summed E-state index contributed by atoms with van der Waals surface area (Å²) in [7, 11) is 0. The number of rotatable bonds is 7. The van der Waals surface area contributed by atoms with Crippen LogP contribution in [0, 0.1) is 19.8 Å². The highest BCUT2D eigenvalue weighted by molar-refractivity contribution is 7.99. The van der Waals surface area contributed by atoms with Crippen LogP contribution in [0.2, 0.25) is 0 Å². The summed E-state index contributed by atoms with van der Waals surface area (Å²) in [4.78, 5) is 25.3. The molecule has 2 aromatic rings. The molecule has 6 nitrogen and oxygen atoms in total. The molecule has 0 saturated heterocycles. The predicted octanol–water partition coefficient (Wildman–Crippen LogP) is 4.18. The second-order valence-electron chi connectivity index (χ2n) is 6.94. The summed E-state index contributed by atoms with van der Waals surface area (Å²) in [5.74, 6) is 1.77. The minimum Gasteiger partial charge on any atom is -0.489 e. The normalized spacial score (nSPS) is 14.7. The first kappa shape index (κ1) is 19.6. The highest BCUT2D eigenvalue weighted by Crippen LogP contribution is 2.27. The Labute approximate surface area is 164 Å². The van der Waals surface area contributed by atoms with Crippen LogP contribution in [-0.4, -0.2) is 33.2 Å². The Bertz CT molecular complexity index is 758. The fourth-order valence-electron chi connectivity index (χ4n) is 3.22. The number of hydrogen-bond acceptors (Lipinski definition) is 6. The minimum atomic E-state index is -0.149. The molecule has 1 saturated carbocycles. The van der Waals surface area contributed by atoms with Crippen molar-refractivity contribution < 1.29 is 9.53 Å². The zero-order valence-electron chi connectivity index (χ0n) is 15.9. The molecule has 1 aliphatic rings.